The molecule has 9 heteroatoms. The summed E-state index contributed by atoms with van der Waals surface area (Å²) in [5, 5.41) is 3.35. The highest BCUT2D eigenvalue weighted by molar-refractivity contribution is 7.98. The van der Waals surface area contributed by atoms with E-state index in [0.29, 0.717) is 22.0 Å². The molecule has 1 N–H and O–H groups in total. The standard InChI is InChI=1S/C22H20ClN3O4S/c1-25(15-5-3-4-14(23)10-15)18(27)11-26-17-12-30-21(28)19(17)20(24-22(26)29)13-6-8-16(31-2)9-7-13/h3-10,20H,11-12H2,1-2H3,(H,24,29)/t20-/m0/s1. The number of nitrogens with one attached hydrogen (secondary N) is 1. The fourth-order valence-corrected chi connectivity index (χ4v) is 4.19. The number of urea groups is 1. The fraction of sp³-hybridized carbons (Fsp3) is 0.227. The molecule has 31 heavy (non-hydrogen) atoms. The van der Waals surface area contributed by atoms with Crippen LogP contribution >= 0.6 is 23.4 Å². The number of anilines is 1. The van der Waals surface area contributed by atoms with Gasteiger partial charge >= 0.3 is 12.0 Å². The van der Waals surface area contributed by atoms with Gasteiger partial charge in [0.25, 0.3) is 0 Å². The Morgan fingerprint density at radius 3 is 2.68 bits per heavy atom. The summed E-state index contributed by atoms with van der Waals surface area (Å²) in [5.41, 5.74) is 2.16. The monoisotopic (exact) mass is 457 g/mol. The van der Waals surface area contributed by atoms with Crippen LogP contribution in [0.3, 0.4) is 0 Å². The number of carbonyl (C=O) groups excluding carboxylic acids is 3. The zero-order valence-corrected chi connectivity index (χ0v) is 18.5. The molecular formula is C22H20ClN3O4S. The van der Waals surface area contributed by atoms with E-state index in [-0.39, 0.29) is 19.1 Å². The van der Waals surface area contributed by atoms with Crippen LogP contribution in [0.15, 0.2) is 64.7 Å². The van der Waals surface area contributed by atoms with Crippen molar-refractivity contribution in [2.24, 2.45) is 0 Å². The lowest BCUT2D eigenvalue weighted by atomic mass is 9.96. The number of amides is 3. The van der Waals surface area contributed by atoms with Crippen LogP contribution in [0.2, 0.25) is 5.02 Å². The Balaban J connectivity index is 1.61. The minimum Gasteiger partial charge on any atom is -0.456 e. The van der Waals surface area contributed by atoms with Crippen molar-refractivity contribution < 1.29 is 19.1 Å². The Labute approximate surface area is 189 Å². The summed E-state index contributed by atoms with van der Waals surface area (Å²) < 4.78 is 5.22. The van der Waals surface area contributed by atoms with Crippen molar-refractivity contribution >= 4 is 47.0 Å². The summed E-state index contributed by atoms with van der Waals surface area (Å²) in [6.07, 6.45) is 1.97. The number of rotatable bonds is 5. The number of ether oxygens (including phenoxy) is 1. The molecule has 2 heterocycles. The lowest BCUT2D eigenvalue weighted by Crippen LogP contribution is -2.50. The van der Waals surface area contributed by atoms with Crippen molar-refractivity contribution in [2.75, 3.05) is 31.4 Å². The van der Waals surface area contributed by atoms with E-state index < -0.39 is 18.0 Å². The summed E-state index contributed by atoms with van der Waals surface area (Å²) in [4.78, 5) is 42.0. The lowest BCUT2D eigenvalue weighted by Gasteiger charge is -2.33. The predicted molar refractivity (Wildman–Crippen MR) is 119 cm³/mol. The Bertz CT molecular complexity index is 1090. The van der Waals surface area contributed by atoms with E-state index in [2.05, 4.69) is 5.32 Å². The van der Waals surface area contributed by atoms with Gasteiger partial charge in [-0.05, 0) is 42.2 Å². The molecule has 160 valence electrons. The van der Waals surface area contributed by atoms with Gasteiger partial charge in [-0.2, -0.15) is 0 Å². The van der Waals surface area contributed by atoms with E-state index in [4.69, 9.17) is 16.3 Å². The molecule has 0 saturated heterocycles. The predicted octanol–water partition coefficient (Wildman–Crippen LogP) is 3.60. The maximum Gasteiger partial charge on any atom is 0.338 e. The molecule has 0 unspecified atom stereocenters. The molecule has 2 aromatic carbocycles. The van der Waals surface area contributed by atoms with E-state index in [1.807, 2.05) is 30.5 Å². The van der Waals surface area contributed by atoms with Crippen LogP contribution in [0, 0.1) is 0 Å². The molecule has 0 bridgehead atoms. The molecule has 1 atom stereocenters. The second kappa shape index (κ2) is 8.64. The lowest BCUT2D eigenvalue weighted by molar-refractivity contribution is -0.136. The quantitative estimate of drug-likeness (QED) is 0.548. The van der Waals surface area contributed by atoms with Gasteiger partial charge in [-0.1, -0.05) is 29.8 Å². The Morgan fingerprint density at radius 1 is 1.26 bits per heavy atom. The average Bonchev–Trinajstić information content (AvgIpc) is 3.16. The molecule has 4 rings (SSSR count). The topological polar surface area (TPSA) is 79.0 Å². The molecule has 0 saturated carbocycles. The van der Waals surface area contributed by atoms with Crippen LogP contribution in [0.4, 0.5) is 10.5 Å². The maximum absolute atomic E-state index is 12.9. The van der Waals surface area contributed by atoms with Gasteiger partial charge in [0.05, 0.1) is 17.3 Å². The first-order valence-corrected chi connectivity index (χ1v) is 11.1. The van der Waals surface area contributed by atoms with Crippen molar-refractivity contribution in [3.05, 3.63) is 70.4 Å². The van der Waals surface area contributed by atoms with E-state index in [1.54, 1.807) is 43.1 Å². The SMILES string of the molecule is CSc1ccc([C@@H]2NC(=O)N(CC(=O)N(C)c3cccc(Cl)c3)C3=C2C(=O)OC3)cc1. The number of thioether (sulfide) groups is 1. The summed E-state index contributed by atoms with van der Waals surface area (Å²) in [6, 6.07) is 13.4. The number of likely N-dealkylation sites (N-methyl/N-ethyl adjacent to an activating group) is 1. The number of halogens is 1. The number of benzene rings is 2. The molecule has 7 nitrogen and oxygen atoms in total. The van der Waals surface area contributed by atoms with E-state index in [9.17, 15) is 14.4 Å². The van der Waals surface area contributed by atoms with Crippen molar-refractivity contribution in [1.82, 2.24) is 10.2 Å². The van der Waals surface area contributed by atoms with Gasteiger partial charge in [-0.15, -0.1) is 11.8 Å². The number of nitrogens with zero attached hydrogens (tertiary/aromatic N) is 2. The molecule has 0 radical (unpaired) electrons. The van der Waals surface area contributed by atoms with Crippen LogP contribution in [0.1, 0.15) is 11.6 Å². The van der Waals surface area contributed by atoms with Crippen LogP contribution in [0.5, 0.6) is 0 Å². The number of esters is 1. The van der Waals surface area contributed by atoms with Crippen molar-refractivity contribution in [2.45, 2.75) is 10.9 Å². The Kier molecular flexibility index (Phi) is 5.93. The molecule has 0 spiro atoms. The highest BCUT2D eigenvalue weighted by atomic mass is 35.5. The number of hydrogen-bond donors (Lipinski definition) is 1. The average molecular weight is 458 g/mol. The fourth-order valence-electron chi connectivity index (χ4n) is 3.59. The third-order valence-electron chi connectivity index (χ3n) is 5.31. The third kappa shape index (κ3) is 4.13. The summed E-state index contributed by atoms with van der Waals surface area (Å²) in [7, 11) is 1.61. The zero-order valence-electron chi connectivity index (χ0n) is 16.9. The summed E-state index contributed by atoms with van der Waals surface area (Å²) in [6.45, 7) is -0.280. The molecular weight excluding hydrogens is 438 g/mol. The number of hydrogen-bond acceptors (Lipinski definition) is 5. The van der Waals surface area contributed by atoms with Crippen LogP contribution < -0.4 is 10.2 Å². The molecule has 2 aliphatic rings. The van der Waals surface area contributed by atoms with Gasteiger partial charge in [0, 0.05) is 22.7 Å². The first kappa shape index (κ1) is 21.3. The third-order valence-corrected chi connectivity index (χ3v) is 6.29. The highest BCUT2D eigenvalue weighted by Crippen LogP contribution is 2.35. The molecule has 0 aliphatic carbocycles. The largest absolute Gasteiger partial charge is 0.456 e. The van der Waals surface area contributed by atoms with Crippen molar-refractivity contribution in [1.29, 1.82) is 0 Å². The van der Waals surface area contributed by atoms with Gasteiger partial charge in [-0.25, -0.2) is 9.59 Å². The minimum atomic E-state index is -0.620. The van der Waals surface area contributed by atoms with Gasteiger partial charge < -0.3 is 15.0 Å². The van der Waals surface area contributed by atoms with Crippen LogP contribution in [-0.2, 0) is 14.3 Å². The first-order chi connectivity index (χ1) is 14.9. The van der Waals surface area contributed by atoms with E-state index >= 15 is 0 Å². The van der Waals surface area contributed by atoms with Crippen molar-refractivity contribution in [3.63, 3.8) is 0 Å². The van der Waals surface area contributed by atoms with Gasteiger partial charge in [0.15, 0.2) is 0 Å². The molecule has 3 amide bonds. The smallest absolute Gasteiger partial charge is 0.338 e. The minimum absolute atomic E-state index is 0.0465. The van der Waals surface area contributed by atoms with E-state index in [0.717, 1.165) is 10.5 Å². The number of cyclic esters (lactones) is 1. The Morgan fingerprint density at radius 2 is 2.00 bits per heavy atom. The van der Waals surface area contributed by atoms with Crippen LogP contribution in [-0.4, -0.2) is 49.3 Å². The second-order valence-corrected chi connectivity index (χ2v) is 8.43. The summed E-state index contributed by atoms with van der Waals surface area (Å²) >= 11 is 7.62. The maximum atomic E-state index is 12.9. The van der Waals surface area contributed by atoms with Gasteiger partial charge in [-0.3, -0.25) is 9.69 Å². The Hall–Kier alpha value is -2.97. The normalized spacial score (nSPS) is 17.9. The van der Waals surface area contributed by atoms with Gasteiger partial charge in [0.2, 0.25) is 5.91 Å². The molecule has 0 aromatic heterocycles. The molecule has 0 fully saturated rings. The molecule has 2 aromatic rings. The van der Waals surface area contributed by atoms with Crippen LogP contribution in [0.25, 0.3) is 0 Å². The second-order valence-electron chi connectivity index (χ2n) is 7.11. The molecule has 2 aliphatic heterocycles. The van der Waals surface area contributed by atoms with Gasteiger partial charge in [0.1, 0.15) is 13.2 Å². The van der Waals surface area contributed by atoms with E-state index in [1.165, 1.54) is 9.80 Å². The zero-order chi connectivity index (χ0) is 22.1. The first-order valence-electron chi connectivity index (χ1n) is 9.53. The highest BCUT2D eigenvalue weighted by Gasteiger charge is 2.43. The summed E-state index contributed by atoms with van der Waals surface area (Å²) in [5.74, 6) is -0.819. The number of carbonyl (C=O) groups is 3. The van der Waals surface area contributed by atoms with Crippen molar-refractivity contribution in [3.8, 4) is 0 Å².